The van der Waals surface area contributed by atoms with Crippen molar-refractivity contribution in [2.75, 3.05) is 14.2 Å². The number of aromatic nitrogens is 1. The Morgan fingerprint density at radius 1 is 1.07 bits per heavy atom. The van der Waals surface area contributed by atoms with Crippen molar-refractivity contribution < 1.29 is 19.1 Å². The number of hydrogen-bond acceptors (Lipinski definition) is 4. The van der Waals surface area contributed by atoms with Crippen molar-refractivity contribution in [1.82, 2.24) is 4.57 Å². The van der Waals surface area contributed by atoms with Crippen molar-refractivity contribution in [3.05, 3.63) is 64.8 Å². The van der Waals surface area contributed by atoms with Crippen molar-refractivity contribution in [2.24, 2.45) is 5.92 Å². The molecule has 5 nitrogen and oxygen atoms in total. The van der Waals surface area contributed by atoms with Crippen LogP contribution in [0.15, 0.2) is 42.5 Å². The average molecular weight is 408 g/mol. The summed E-state index contributed by atoms with van der Waals surface area (Å²) in [4.78, 5) is 25.4. The maximum atomic E-state index is 13.2. The lowest BCUT2D eigenvalue weighted by Crippen LogP contribution is -2.12. The number of methoxy groups -OCH3 is 2. The minimum Gasteiger partial charge on any atom is -0.496 e. The van der Waals surface area contributed by atoms with Crippen LogP contribution in [-0.2, 0) is 17.7 Å². The fourth-order valence-electron chi connectivity index (χ4n) is 3.89. The van der Waals surface area contributed by atoms with E-state index < -0.39 is 5.97 Å². The third-order valence-corrected chi connectivity index (χ3v) is 5.37. The summed E-state index contributed by atoms with van der Waals surface area (Å²) in [6, 6.07) is 13.3. The highest BCUT2D eigenvalue weighted by Gasteiger charge is 2.25. The van der Waals surface area contributed by atoms with E-state index in [2.05, 4.69) is 11.5 Å². The molecule has 0 aliphatic carbocycles. The first-order valence-electron chi connectivity index (χ1n) is 10.3. The molecule has 0 saturated heterocycles. The summed E-state index contributed by atoms with van der Waals surface area (Å²) >= 11 is 0. The van der Waals surface area contributed by atoms with Gasteiger partial charge in [0, 0.05) is 28.1 Å². The first kappa shape index (κ1) is 21.6. The highest BCUT2D eigenvalue weighted by molar-refractivity contribution is 6.11. The molecule has 0 spiro atoms. The number of hydrogen-bond donors (Lipinski definition) is 0. The number of rotatable bonds is 8. The van der Waals surface area contributed by atoms with Gasteiger partial charge in [-0.25, -0.2) is 4.79 Å². The zero-order valence-electron chi connectivity index (χ0n) is 18.3. The summed E-state index contributed by atoms with van der Waals surface area (Å²) in [7, 11) is 3.03. The Labute approximate surface area is 177 Å². The van der Waals surface area contributed by atoms with Crippen LogP contribution >= 0.6 is 0 Å². The Morgan fingerprint density at radius 2 is 1.80 bits per heavy atom. The predicted octanol–water partition coefficient (Wildman–Crippen LogP) is 5.28. The minimum atomic E-state index is -0.393. The monoisotopic (exact) mass is 407 g/mol. The third kappa shape index (κ3) is 3.97. The number of carbonyl (C=O) groups excluding carboxylic acids is 2. The van der Waals surface area contributed by atoms with Crippen molar-refractivity contribution in [1.29, 1.82) is 0 Å². The maximum absolute atomic E-state index is 13.2. The van der Waals surface area contributed by atoms with Crippen molar-refractivity contribution >= 4 is 22.7 Å². The van der Waals surface area contributed by atoms with Gasteiger partial charge in [0.05, 0.1) is 31.8 Å². The van der Waals surface area contributed by atoms with E-state index in [0.29, 0.717) is 12.1 Å². The third-order valence-electron chi connectivity index (χ3n) is 5.37. The molecule has 0 fully saturated rings. The van der Waals surface area contributed by atoms with Gasteiger partial charge in [0.25, 0.3) is 0 Å². The number of para-hydroxylation sites is 1. The number of ketones is 1. The number of carbonyl (C=O) groups is 2. The average Bonchev–Trinajstić information content (AvgIpc) is 3.05. The second-order valence-electron chi connectivity index (χ2n) is 7.71. The molecule has 3 aromatic rings. The van der Waals surface area contributed by atoms with Gasteiger partial charge in [0.2, 0.25) is 0 Å². The molecule has 158 valence electrons. The smallest absolute Gasteiger partial charge is 0.337 e. The fraction of sp³-hybridized carbons (Fsp3) is 0.360. The summed E-state index contributed by atoms with van der Waals surface area (Å²) < 4.78 is 12.6. The topological polar surface area (TPSA) is 57.5 Å². The number of esters is 1. The molecule has 2 aromatic carbocycles. The molecule has 0 saturated carbocycles. The number of fused-ring (bicyclic) bond motifs is 1. The second-order valence-corrected chi connectivity index (χ2v) is 7.71. The van der Waals surface area contributed by atoms with Gasteiger partial charge in [-0.2, -0.15) is 0 Å². The number of Topliss-reactive ketones (excluding diaryl/α,β-unsaturated/α-hetero) is 1. The zero-order valence-corrected chi connectivity index (χ0v) is 18.3. The van der Waals surface area contributed by atoms with Gasteiger partial charge < -0.3 is 14.0 Å². The molecule has 0 unspecified atom stereocenters. The van der Waals surface area contributed by atoms with Crippen LogP contribution in [0, 0.1) is 5.92 Å². The van der Waals surface area contributed by atoms with Crippen LogP contribution in [0.5, 0.6) is 5.75 Å². The normalized spacial score (nSPS) is 11.1. The Morgan fingerprint density at radius 3 is 2.43 bits per heavy atom. The molecule has 1 aromatic heterocycles. The van der Waals surface area contributed by atoms with Crippen LogP contribution in [0.1, 0.15) is 59.2 Å². The van der Waals surface area contributed by atoms with E-state index in [-0.39, 0.29) is 11.7 Å². The SMILES string of the molecule is CCCc1c(C(=O)C(C)C)c2ccc(C(=O)OC)cc2n1Cc1ccccc1OC. The van der Waals surface area contributed by atoms with Gasteiger partial charge in [-0.3, -0.25) is 4.79 Å². The summed E-state index contributed by atoms with van der Waals surface area (Å²) in [5, 5.41) is 0.875. The number of nitrogens with zero attached hydrogens (tertiary/aromatic N) is 1. The quantitative estimate of drug-likeness (QED) is 0.377. The molecular formula is C25H29NO4. The van der Waals surface area contributed by atoms with E-state index in [1.54, 1.807) is 13.2 Å². The van der Waals surface area contributed by atoms with E-state index in [0.717, 1.165) is 46.3 Å². The first-order chi connectivity index (χ1) is 14.4. The molecule has 3 rings (SSSR count). The molecule has 1 heterocycles. The highest BCUT2D eigenvalue weighted by Crippen LogP contribution is 2.32. The molecule has 30 heavy (non-hydrogen) atoms. The summed E-state index contributed by atoms with van der Waals surface area (Å²) in [6.07, 6.45) is 1.68. The zero-order chi connectivity index (χ0) is 21.8. The van der Waals surface area contributed by atoms with E-state index in [1.165, 1.54) is 7.11 Å². The Kier molecular flexibility index (Phi) is 6.60. The standard InChI is InChI=1S/C25H29NO4/c1-6-9-20-23(24(27)16(2)3)19-13-12-17(25(28)30-5)14-21(19)26(20)15-18-10-7-8-11-22(18)29-4/h7-8,10-14,16H,6,9,15H2,1-5H3. The second kappa shape index (κ2) is 9.16. The van der Waals surface area contributed by atoms with Crippen molar-refractivity contribution in [2.45, 2.75) is 40.2 Å². The molecule has 0 aliphatic rings. The Bertz CT molecular complexity index is 1080. The van der Waals surface area contributed by atoms with E-state index in [4.69, 9.17) is 9.47 Å². The van der Waals surface area contributed by atoms with Gasteiger partial charge in [-0.05, 0) is 24.6 Å². The summed E-state index contributed by atoms with van der Waals surface area (Å²) in [5.41, 5.74) is 4.10. The number of benzene rings is 2. The lowest BCUT2D eigenvalue weighted by atomic mass is 9.96. The van der Waals surface area contributed by atoms with Gasteiger partial charge >= 0.3 is 5.97 Å². The van der Waals surface area contributed by atoms with Crippen LogP contribution in [0.4, 0.5) is 0 Å². The molecule has 0 atom stereocenters. The van der Waals surface area contributed by atoms with Gasteiger partial charge in [-0.15, -0.1) is 0 Å². The lowest BCUT2D eigenvalue weighted by Gasteiger charge is -2.15. The minimum absolute atomic E-state index is 0.119. The van der Waals surface area contributed by atoms with E-state index >= 15 is 0 Å². The molecule has 0 bridgehead atoms. The van der Waals surface area contributed by atoms with Crippen LogP contribution in [-0.4, -0.2) is 30.5 Å². The van der Waals surface area contributed by atoms with Gasteiger partial charge in [-0.1, -0.05) is 51.5 Å². The number of ether oxygens (including phenoxy) is 2. The highest BCUT2D eigenvalue weighted by atomic mass is 16.5. The van der Waals surface area contributed by atoms with Crippen molar-refractivity contribution in [3.8, 4) is 5.75 Å². The first-order valence-corrected chi connectivity index (χ1v) is 10.3. The largest absolute Gasteiger partial charge is 0.496 e. The summed E-state index contributed by atoms with van der Waals surface area (Å²) in [5.74, 6) is 0.401. The van der Waals surface area contributed by atoms with E-state index in [1.807, 2.05) is 50.2 Å². The molecule has 0 N–H and O–H groups in total. The fourth-order valence-corrected chi connectivity index (χ4v) is 3.89. The van der Waals surface area contributed by atoms with Crippen LogP contribution < -0.4 is 4.74 Å². The molecule has 0 aliphatic heterocycles. The summed E-state index contributed by atoms with van der Waals surface area (Å²) in [6.45, 7) is 6.50. The molecule has 5 heteroatoms. The van der Waals surface area contributed by atoms with Crippen LogP contribution in [0.25, 0.3) is 10.9 Å². The maximum Gasteiger partial charge on any atom is 0.337 e. The Balaban J connectivity index is 2.31. The molecule has 0 radical (unpaired) electrons. The Hall–Kier alpha value is -3.08. The lowest BCUT2D eigenvalue weighted by molar-refractivity contribution is 0.0600. The van der Waals surface area contributed by atoms with Crippen LogP contribution in [0.3, 0.4) is 0 Å². The van der Waals surface area contributed by atoms with Crippen molar-refractivity contribution in [3.63, 3.8) is 0 Å². The predicted molar refractivity (Wildman–Crippen MR) is 119 cm³/mol. The molecular weight excluding hydrogens is 378 g/mol. The molecule has 0 amide bonds. The van der Waals surface area contributed by atoms with Gasteiger partial charge in [0.15, 0.2) is 5.78 Å². The van der Waals surface area contributed by atoms with E-state index in [9.17, 15) is 9.59 Å². The van der Waals surface area contributed by atoms with Gasteiger partial charge in [0.1, 0.15) is 5.75 Å². The van der Waals surface area contributed by atoms with Crippen LogP contribution in [0.2, 0.25) is 0 Å².